The zero-order chi connectivity index (χ0) is 20.3. The van der Waals surface area contributed by atoms with Gasteiger partial charge in [-0.1, -0.05) is 6.07 Å². The van der Waals surface area contributed by atoms with Crippen LogP contribution >= 0.6 is 0 Å². The van der Waals surface area contributed by atoms with E-state index < -0.39 is 23.8 Å². The number of ether oxygens (including phenoxy) is 3. The maximum atomic E-state index is 12.9. The zero-order valence-corrected chi connectivity index (χ0v) is 15.7. The summed E-state index contributed by atoms with van der Waals surface area (Å²) in [6.45, 7) is 0. The SMILES string of the molecule is COc1ccc(N2C(=O)NC(=O)[C@@H](Cc3ccc(OC)c(OC)c3)C2=O)cc1. The van der Waals surface area contributed by atoms with Crippen molar-refractivity contribution in [3.63, 3.8) is 0 Å². The molecule has 0 radical (unpaired) electrons. The molecule has 1 heterocycles. The third-order valence-corrected chi connectivity index (χ3v) is 4.49. The van der Waals surface area contributed by atoms with Crippen molar-refractivity contribution in [2.24, 2.45) is 5.92 Å². The van der Waals surface area contributed by atoms with Crippen molar-refractivity contribution in [1.29, 1.82) is 0 Å². The fourth-order valence-electron chi connectivity index (χ4n) is 3.02. The number of hydrogen-bond acceptors (Lipinski definition) is 6. The van der Waals surface area contributed by atoms with Crippen molar-refractivity contribution in [3.8, 4) is 17.2 Å². The standard InChI is InChI=1S/C20H20N2O6/c1-26-14-7-5-13(6-8-14)22-19(24)15(18(23)21-20(22)25)10-12-4-9-16(27-2)17(11-12)28-3/h4-9,11,15H,10H2,1-3H3,(H,21,23,25)/t15-/m1/s1. The fourth-order valence-corrected chi connectivity index (χ4v) is 3.02. The van der Waals surface area contributed by atoms with Crippen LogP contribution in [0.15, 0.2) is 42.5 Å². The number of nitrogens with zero attached hydrogens (tertiary/aromatic N) is 1. The number of barbiturate groups is 1. The number of anilines is 1. The lowest BCUT2D eigenvalue weighted by atomic mass is 9.95. The van der Waals surface area contributed by atoms with Gasteiger partial charge in [0.1, 0.15) is 11.7 Å². The Balaban J connectivity index is 1.87. The Morgan fingerprint density at radius 1 is 0.893 bits per heavy atom. The predicted octanol–water partition coefficient (Wildman–Crippen LogP) is 2.15. The Hall–Kier alpha value is -3.55. The molecule has 1 N–H and O–H groups in total. The summed E-state index contributed by atoms with van der Waals surface area (Å²) in [4.78, 5) is 38.5. The normalized spacial score (nSPS) is 16.6. The molecule has 0 saturated carbocycles. The average Bonchev–Trinajstić information content (AvgIpc) is 2.71. The molecule has 2 aromatic rings. The molecule has 8 heteroatoms. The smallest absolute Gasteiger partial charge is 0.335 e. The van der Waals surface area contributed by atoms with Gasteiger partial charge in [0.15, 0.2) is 11.5 Å². The third-order valence-electron chi connectivity index (χ3n) is 4.49. The van der Waals surface area contributed by atoms with Gasteiger partial charge in [-0.05, 0) is 48.4 Å². The molecule has 0 unspecified atom stereocenters. The quantitative estimate of drug-likeness (QED) is 0.767. The second kappa shape index (κ2) is 7.99. The predicted molar refractivity (Wildman–Crippen MR) is 101 cm³/mol. The molecule has 0 bridgehead atoms. The van der Waals surface area contributed by atoms with E-state index in [2.05, 4.69) is 5.32 Å². The number of benzene rings is 2. The van der Waals surface area contributed by atoms with Gasteiger partial charge in [-0.15, -0.1) is 0 Å². The van der Waals surface area contributed by atoms with Crippen LogP contribution in [0.4, 0.5) is 10.5 Å². The van der Waals surface area contributed by atoms with Gasteiger partial charge in [0.05, 0.1) is 27.0 Å². The molecule has 1 aliphatic rings. The molecule has 2 aromatic carbocycles. The van der Waals surface area contributed by atoms with Gasteiger partial charge in [-0.2, -0.15) is 0 Å². The highest BCUT2D eigenvalue weighted by Gasteiger charge is 2.41. The van der Waals surface area contributed by atoms with Crippen LogP contribution in [-0.4, -0.2) is 39.2 Å². The maximum Gasteiger partial charge on any atom is 0.335 e. The fraction of sp³-hybridized carbons (Fsp3) is 0.250. The van der Waals surface area contributed by atoms with Gasteiger partial charge >= 0.3 is 6.03 Å². The van der Waals surface area contributed by atoms with Gasteiger partial charge in [-0.25, -0.2) is 9.69 Å². The molecule has 1 saturated heterocycles. The molecule has 4 amide bonds. The minimum Gasteiger partial charge on any atom is -0.497 e. The second-order valence-electron chi connectivity index (χ2n) is 6.11. The lowest BCUT2D eigenvalue weighted by Crippen LogP contribution is -2.58. The van der Waals surface area contributed by atoms with Crippen molar-refractivity contribution < 1.29 is 28.6 Å². The number of methoxy groups -OCH3 is 3. The second-order valence-corrected chi connectivity index (χ2v) is 6.11. The Morgan fingerprint density at radius 2 is 1.57 bits per heavy atom. The first-order valence-electron chi connectivity index (χ1n) is 8.52. The first kappa shape index (κ1) is 19.2. The van der Waals surface area contributed by atoms with Crippen LogP contribution in [0.1, 0.15) is 5.56 Å². The molecule has 0 aromatic heterocycles. The van der Waals surface area contributed by atoms with Gasteiger partial charge in [0, 0.05) is 0 Å². The van der Waals surface area contributed by atoms with Crippen LogP contribution in [0, 0.1) is 5.92 Å². The summed E-state index contributed by atoms with van der Waals surface area (Å²) in [5.41, 5.74) is 1.06. The third kappa shape index (κ3) is 3.62. The minimum absolute atomic E-state index is 0.116. The number of carbonyl (C=O) groups excluding carboxylic acids is 3. The molecule has 1 atom stereocenters. The summed E-state index contributed by atoms with van der Waals surface area (Å²) in [5, 5.41) is 2.25. The number of amides is 4. The van der Waals surface area contributed by atoms with E-state index in [9.17, 15) is 14.4 Å². The monoisotopic (exact) mass is 384 g/mol. The van der Waals surface area contributed by atoms with E-state index in [-0.39, 0.29) is 6.42 Å². The highest BCUT2D eigenvalue weighted by Crippen LogP contribution is 2.30. The van der Waals surface area contributed by atoms with E-state index in [4.69, 9.17) is 14.2 Å². The molecular formula is C20H20N2O6. The number of carbonyl (C=O) groups is 3. The number of imide groups is 2. The van der Waals surface area contributed by atoms with Crippen LogP contribution in [0.2, 0.25) is 0 Å². The molecule has 3 rings (SSSR count). The van der Waals surface area contributed by atoms with E-state index in [1.807, 2.05) is 0 Å². The highest BCUT2D eigenvalue weighted by atomic mass is 16.5. The number of nitrogens with one attached hydrogen (secondary N) is 1. The summed E-state index contributed by atoms with van der Waals surface area (Å²) in [6.07, 6.45) is 0.116. The maximum absolute atomic E-state index is 12.9. The van der Waals surface area contributed by atoms with Crippen molar-refractivity contribution in [3.05, 3.63) is 48.0 Å². The molecule has 28 heavy (non-hydrogen) atoms. The first-order valence-corrected chi connectivity index (χ1v) is 8.52. The van der Waals surface area contributed by atoms with E-state index in [1.54, 1.807) is 42.5 Å². The van der Waals surface area contributed by atoms with Gasteiger partial charge < -0.3 is 14.2 Å². The van der Waals surface area contributed by atoms with E-state index in [1.165, 1.54) is 21.3 Å². The minimum atomic E-state index is -1.04. The Morgan fingerprint density at radius 3 is 2.18 bits per heavy atom. The largest absolute Gasteiger partial charge is 0.497 e. The summed E-state index contributed by atoms with van der Waals surface area (Å²) in [6, 6.07) is 10.8. The van der Waals surface area contributed by atoms with E-state index in [0.29, 0.717) is 28.5 Å². The van der Waals surface area contributed by atoms with Crippen molar-refractivity contribution in [2.45, 2.75) is 6.42 Å². The first-order chi connectivity index (χ1) is 13.5. The summed E-state index contributed by atoms with van der Waals surface area (Å²) >= 11 is 0. The average molecular weight is 384 g/mol. The van der Waals surface area contributed by atoms with Crippen molar-refractivity contribution in [1.82, 2.24) is 5.32 Å². The molecule has 8 nitrogen and oxygen atoms in total. The molecule has 1 aliphatic heterocycles. The van der Waals surface area contributed by atoms with Crippen LogP contribution in [0.25, 0.3) is 0 Å². The summed E-state index contributed by atoms with van der Waals surface area (Å²) < 4.78 is 15.5. The van der Waals surface area contributed by atoms with Crippen LogP contribution in [0.3, 0.4) is 0 Å². The Kier molecular flexibility index (Phi) is 5.49. The summed E-state index contributed by atoms with van der Waals surface area (Å²) in [5.74, 6) is -0.639. The van der Waals surface area contributed by atoms with Gasteiger partial charge in [0.25, 0.3) is 0 Å². The van der Waals surface area contributed by atoms with Crippen molar-refractivity contribution >= 4 is 23.5 Å². The number of urea groups is 1. The lowest BCUT2D eigenvalue weighted by molar-refractivity contribution is -0.134. The van der Waals surface area contributed by atoms with Crippen LogP contribution in [-0.2, 0) is 16.0 Å². The Labute approximate surface area is 162 Å². The molecule has 0 spiro atoms. The zero-order valence-electron chi connectivity index (χ0n) is 15.7. The topological polar surface area (TPSA) is 94.2 Å². The molecule has 1 fully saturated rings. The van der Waals surface area contributed by atoms with Crippen molar-refractivity contribution in [2.75, 3.05) is 26.2 Å². The highest BCUT2D eigenvalue weighted by molar-refractivity contribution is 6.27. The van der Waals surface area contributed by atoms with E-state index >= 15 is 0 Å². The van der Waals surface area contributed by atoms with Crippen LogP contribution < -0.4 is 24.4 Å². The Bertz CT molecular complexity index is 909. The molecule has 146 valence electrons. The molecular weight excluding hydrogens is 364 g/mol. The lowest BCUT2D eigenvalue weighted by Gasteiger charge is -2.30. The van der Waals surface area contributed by atoms with E-state index in [0.717, 1.165) is 4.90 Å². The van der Waals surface area contributed by atoms with Gasteiger partial charge in [0.2, 0.25) is 11.8 Å². The number of rotatable bonds is 6. The van der Waals surface area contributed by atoms with Gasteiger partial charge in [-0.3, -0.25) is 14.9 Å². The summed E-state index contributed by atoms with van der Waals surface area (Å²) in [7, 11) is 4.55. The molecule has 0 aliphatic carbocycles. The number of hydrogen-bond donors (Lipinski definition) is 1. The van der Waals surface area contributed by atoms with Crippen LogP contribution in [0.5, 0.6) is 17.2 Å².